The van der Waals surface area contributed by atoms with Crippen LogP contribution in [0.1, 0.15) is 32.1 Å². The molecule has 0 unspecified atom stereocenters. The smallest absolute Gasteiger partial charge is 0.186 e. The molecule has 0 bridgehead atoms. The lowest BCUT2D eigenvalue weighted by molar-refractivity contribution is 0.258. The number of hydrogen-bond acceptors (Lipinski definition) is 2. The van der Waals surface area contributed by atoms with Gasteiger partial charge in [0.2, 0.25) is 0 Å². The van der Waals surface area contributed by atoms with Crippen molar-refractivity contribution in [3.63, 3.8) is 0 Å². The summed E-state index contributed by atoms with van der Waals surface area (Å²) in [5, 5.41) is 0. The molecule has 1 aliphatic carbocycles. The fraction of sp³-hybridized carbons (Fsp3) is 0.556. The molecule has 0 aromatic rings. The van der Waals surface area contributed by atoms with E-state index in [1.54, 1.807) is 0 Å². The van der Waals surface area contributed by atoms with Crippen molar-refractivity contribution in [2.75, 3.05) is 0 Å². The molecule has 1 aliphatic heterocycles. The first kappa shape index (κ1) is 6.77. The monoisotopic (exact) mass is 151 g/mol. The summed E-state index contributed by atoms with van der Waals surface area (Å²) in [5.41, 5.74) is 7.01. The van der Waals surface area contributed by atoms with Crippen LogP contribution >= 0.6 is 0 Å². The zero-order valence-corrected chi connectivity index (χ0v) is 6.60. The molecule has 0 atom stereocenters. The van der Waals surface area contributed by atoms with E-state index in [0.29, 0.717) is 5.88 Å². The van der Waals surface area contributed by atoms with Crippen LogP contribution in [0.4, 0.5) is 0 Å². The molecular formula is C9H13NO. The topological polar surface area (TPSA) is 35.2 Å². The molecule has 1 heterocycles. The van der Waals surface area contributed by atoms with Gasteiger partial charge in [0.1, 0.15) is 5.76 Å². The average molecular weight is 151 g/mol. The van der Waals surface area contributed by atoms with Gasteiger partial charge in [0, 0.05) is 6.42 Å². The largest absolute Gasteiger partial charge is 0.446 e. The molecule has 0 spiro atoms. The molecule has 2 nitrogen and oxygen atoms in total. The second-order valence-corrected chi connectivity index (χ2v) is 3.15. The summed E-state index contributed by atoms with van der Waals surface area (Å²) in [6.45, 7) is 0. The van der Waals surface area contributed by atoms with E-state index in [-0.39, 0.29) is 0 Å². The van der Waals surface area contributed by atoms with E-state index in [1.807, 2.05) is 6.08 Å². The van der Waals surface area contributed by atoms with Crippen LogP contribution < -0.4 is 5.73 Å². The highest BCUT2D eigenvalue weighted by molar-refractivity contribution is 5.20. The molecule has 0 radical (unpaired) electrons. The first-order chi connectivity index (χ1) is 5.36. The first-order valence-corrected chi connectivity index (χ1v) is 4.20. The lowest BCUT2D eigenvalue weighted by Crippen LogP contribution is -2.12. The van der Waals surface area contributed by atoms with E-state index in [1.165, 1.54) is 24.8 Å². The molecule has 11 heavy (non-hydrogen) atoms. The molecule has 2 N–H and O–H groups in total. The van der Waals surface area contributed by atoms with Gasteiger partial charge in [0.05, 0.1) is 0 Å². The van der Waals surface area contributed by atoms with Crippen LogP contribution in [0.2, 0.25) is 0 Å². The predicted molar refractivity (Wildman–Crippen MR) is 43.5 cm³/mol. The highest BCUT2D eigenvalue weighted by atomic mass is 16.5. The van der Waals surface area contributed by atoms with E-state index in [9.17, 15) is 0 Å². The van der Waals surface area contributed by atoms with Crippen LogP contribution in [-0.4, -0.2) is 0 Å². The average Bonchev–Trinajstić information content (AvgIpc) is 2.04. The van der Waals surface area contributed by atoms with Crippen molar-refractivity contribution in [1.29, 1.82) is 0 Å². The maximum atomic E-state index is 5.55. The Morgan fingerprint density at radius 3 is 3.00 bits per heavy atom. The SMILES string of the molecule is NC1=CCC2=C(CCCC2)O1. The molecule has 0 amide bonds. The summed E-state index contributed by atoms with van der Waals surface area (Å²) in [4.78, 5) is 0. The summed E-state index contributed by atoms with van der Waals surface area (Å²) >= 11 is 0. The lowest BCUT2D eigenvalue weighted by atomic mass is 9.94. The first-order valence-electron chi connectivity index (χ1n) is 4.20. The Morgan fingerprint density at radius 2 is 2.09 bits per heavy atom. The van der Waals surface area contributed by atoms with Crippen LogP contribution in [0.3, 0.4) is 0 Å². The van der Waals surface area contributed by atoms with Gasteiger partial charge in [-0.05, 0) is 37.3 Å². The number of ether oxygens (including phenoxy) is 1. The maximum Gasteiger partial charge on any atom is 0.186 e. The van der Waals surface area contributed by atoms with Crippen molar-refractivity contribution in [3.8, 4) is 0 Å². The quantitative estimate of drug-likeness (QED) is 0.575. The summed E-state index contributed by atoms with van der Waals surface area (Å²) in [6.07, 6.45) is 7.84. The third kappa shape index (κ3) is 1.25. The van der Waals surface area contributed by atoms with Gasteiger partial charge >= 0.3 is 0 Å². The second kappa shape index (κ2) is 2.61. The van der Waals surface area contributed by atoms with Crippen molar-refractivity contribution >= 4 is 0 Å². The highest BCUT2D eigenvalue weighted by Gasteiger charge is 2.17. The molecule has 2 aliphatic rings. The third-order valence-electron chi connectivity index (χ3n) is 2.32. The molecule has 0 saturated heterocycles. The molecule has 0 aromatic carbocycles. The molecule has 2 rings (SSSR count). The number of hydrogen-bond donors (Lipinski definition) is 1. The second-order valence-electron chi connectivity index (χ2n) is 3.15. The van der Waals surface area contributed by atoms with Crippen molar-refractivity contribution in [3.05, 3.63) is 23.3 Å². The van der Waals surface area contributed by atoms with E-state index >= 15 is 0 Å². The zero-order chi connectivity index (χ0) is 7.68. The number of rotatable bonds is 0. The van der Waals surface area contributed by atoms with Gasteiger partial charge in [-0.3, -0.25) is 0 Å². The van der Waals surface area contributed by atoms with Gasteiger partial charge in [-0.25, -0.2) is 0 Å². The molecule has 0 saturated carbocycles. The Labute approximate surface area is 66.7 Å². The summed E-state index contributed by atoms with van der Waals surface area (Å²) < 4.78 is 5.41. The Bertz CT molecular complexity index is 228. The fourth-order valence-corrected chi connectivity index (χ4v) is 1.69. The van der Waals surface area contributed by atoms with E-state index in [2.05, 4.69) is 0 Å². The van der Waals surface area contributed by atoms with Gasteiger partial charge in [-0.1, -0.05) is 0 Å². The highest BCUT2D eigenvalue weighted by Crippen LogP contribution is 2.31. The minimum Gasteiger partial charge on any atom is -0.446 e. The normalized spacial score (nSPS) is 23.8. The Hall–Kier alpha value is -0.920. The van der Waals surface area contributed by atoms with Gasteiger partial charge in [0.15, 0.2) is 5.88 Å². The third-order valence-corrected chi connectivity index (χ3v) is 2.32. The summed E-state index contributed by atoms with van der Waals surface area (Å²) in [6, 6.07) is 0. The van der Waals surface area contributed by atoms with Gasteiger partial charge in [-0.2, -0.15) is 0 Å². The van der Waals surface area contributed by atoms with Crippen molar-refractivity contribution < 1.29 is 4.74 Å². The minimum absolute atomic E-state index is 0.589. The van der Waals surface area contributed by atoms with Crippen LogP contribution in [0, 0.1) is 0 Å². The van der Waals surface area contributed by atoms with Crippen LogP contribution in [0.15, 0.2) is 23.3 Å². The Kier molecular flexibility index (Phi) is 1.60. The van der Waals surface area contributed by atoms with E-state index in [0.717, 1.165) is 18.6 Å². The van der Waals surface area contributed by atoms with Crippen LogP contribution in [0.25, 0.3) is 0 Å². The predicted octanol–water partition coefficient (Wildman–Crippen LogP) is 2.03. The summed E-state index contributed by atoms with van der Waals surface area (Å²) in [5.74, 6) is 1.74. The van der Waals surface area contributed by atoms with Crippen LogP contribution in [-0.2, 0) is 4.74 Å². The zero-order valence-electron chi connectivity index (χ0n) is 6.60. The molecule has 60 valence electrons. The number of nitrogens with two attached hydrogens (primary N) is 1. The van der Waals surface area contributed by atoms with E-state index in [4.69, 9.17) is 10.5 Å². The molecule has 2 heteroatoms. The van der Waals surface area contributed by atoms with Crippen molar-refractivity contribution in [1.82, 2.24) is 0 Å². The minimum atomic E-state index is 0.589. The van der Waals surface area contributed by atoms with Gasteiger partial charge in [-0.15, -0.1) is 0 Å². The standard InChI is InChI=1S/C9H13NO/c10-9-6-5-7-3-1-2-4-8(7)11-9/h6H,1-5,10H2. The van der Waals surface area contributed by atoms with Crippen molar-refractivity contribution in [2.24, 2.45) is 5.73 Å². The fourth-order valence-electron chi connectivity index (χ4n) is 1.69. The Morgan fingerprint density at radius 1 is 1.27 bits per heavy atom. The van der Waals surface area contributed by atoms with Crippen molar-refractivity contribution in [2.45, 2.75) is 32.1 Å². The Balaban J connectivity index is 2.16. The lowest BCUT2D eigenvalue weighted by Gasteiger charge is -2.23. The molecule has 0 fully saturated rings. The molecule has 0 aromatic heterocycles. The molecular weight excluding hydrogens is 138 g/mol. The summed E-state index contributed by atoms with van der Waals surface area (Å²) in [7, 11) is 0. The van der Waals surface area contributed by atoms with Crippen LogP contribution in [0.5, 0.6) is 0 Å². The van der Waals surface area contributed by atoms with Gasteiger partial charge in [0.25, 0.3) is 0 Å². The van der Waals surface area contributed by atoms with E-state index < -0.39 is 0 Å². The maximum absolute atomic E-state index is 5.55. The number of allylic oxidation sites excluding steroid dienone is 3. The van der Waals surface area contributed by atoms with Gasteiger partial charge < -0.3 is 10.5 Å².